The molecule has 0 aliphatic carbocycles. The van der Waals surface area contributed by atoms with Crippen molar-refractivity contribution in [3.63, 3.8) is 0 Å². The highest BCUT2D eigenvalue weighted by Gasteiger charge is 2.26. The van der Waals surface area contributed by atoms with Crippen molar-refractivity contribution < 1.29 is 18.9 Å². The van der Waals surface area contributed by atoms with Crippen molar-refractivity contribution in [1.29, 1.82) is 0 Å². The van der Waals surface area contributed by atoms with E-state index in [2.05, 4.69) is 46.4 Å². The molecule has 0 saturated carbocycles. The summed E-state index contributed by atoms with van der Waals surface area (Å²) in [6, 6.07) is 14.4. The molecule has 0 saturated heterocycles. The van der Waals surface area contributed by atoms with Gasteiger partial charge in [0, 0.05) is 24.5 Å². The number of methoxy groups -OCH3 is 2. The summed E-state index contributed by atoms with van der Waals surface area (Å²) in [5, 5.41) is 3.66. The molecule has 6 nitrogen and oxygen atoms in total. The average molecular weight is 401 g/mol. The van der Waals surface area contributed by atoms with Gasteiger partial charge >= 0.3 is 0 Å². The second-order valence-electron chi connectivity index (χ2n) is 6.57. The first kappa shape index (κ1) is 18.5. The average Bonchev–Trinajstić information content (AvgIpc) is 3.33. The lowest BCUT2D eigenvalue weighted by Crippen LogP contribution is -2.21. The van der Waals surface area contributed by atoms with Crippen molar-refractivity contribution in [3.05, 3.63) is 65.5 Å². The number of benzene rings is 2. The first-order valence-corrected chi connectivity index (χ1v) is 8.84. The highest BCUT2D eigenvalue weighted by atomic mass is 35.5. The molecule has 7 heteroatoms. The number of nitrogens with one attached hydrogen (secondary N) is 1. The maximum atomic E-state index is 5.58. The molecule has 0 bridgehead atoms. The first-order valence-electron chi connectivity index (χ1n) is 8.84. The fraction of sp³-hybridized carbons (Fsp3) is 0.238. The smallest absolute Gasteiger partial charge is 0.231 e. The van der Waals surface area contributed by atoms with Gasteiger partial charge in [0.2, 0.25) is 6.79 Å². The van der Waals surface area contributed by atoms with Crippen LogP contribution in [-0.4, -0.2) is 25.6 Å². The Kier molecular flexibility index (Phi) is 4.83. The topological polar surface area (TPSA) is 53.9 Å². The van der Waals surface area contributed by atoms with Gasteiger partial charge in [0.1, 0.15) is 0 Å². The van der Waals surface area contributed by atoms with Crippen LogP contribution < -0.4 is 24.3 Å². The molecule has 28 heavy (non-hydrogen) atoms. The van der Waals surface area contributed by atoms with E-state index in [9.17, 15) is 0 Å². The zero-order valence-electron chi connectivity index (χ0n) is 15.6. The highest BCUT2D eigenvalue weighted by Crippen LogP contribution is 2.40. The predicted octanol–water partition coefficient (Wildman–Crippen LogP) is 3.84. The van der Waals surface area contributed by atoms with Gasteiger partial charge < -0.3 is 28.8 Å². The Morgan fingerprint density at radius 2 is 1.79 bits per heavy atom. The lowest BCUT2D eigenvalue weighted by atomic mass is 10.0. The van der Waals surface area contributed by atoms with Crippen LogP contribution >= 0.6 is 12.4 Å². The summed E-state index contributed by atoms with van der Waals surface area (Å²) < 4.78 is 24.2. The molecule has 2 aromatic carbocycles. The summed E-state index contributed by atoms with van der Waals surface area (Å²) in [6.45, 7) is 0.991. The van der Waals surface area contributed by atoms with Crippen LogP contribution in [0.5, 0.6) is 23.0 Å². The van der Waals surface area contributed by atoms with Crippen LogP contribution in [0.1, 0.15) is 22.9 Å². The lowest BCUT2D eigenvalue weighted by molar-refractivity contribution is 0.174. The maximum Gasteiger partial charge on any atom is 0.231 e. The summed E-state index contributed by atoms with van der Waals surface area (Å²) in [4.78, 5) is 0. The highest BCUT2D eigenvalue weighted by molar-refractivity contribution is 5.85. The molecule has 3 heterocycles. The summed E-state index contributed by atoms with van der Waals surface area (Å²) >= 11 is 0. The summed E-state index contributed by atoms with van der Waals surface area (Å²) in [5.41, 5.74) is 4.54. The molecule has 2 aliphatic heterocycles. The van der Waals surface area contributed by atoms with Gasteiger partial charge in [-0.3, -0.25) is 0 Å². The molecule has 1 aromatic heterocycles. The largest absolute Gasteiger partial charge is 0.493 e. The second-order valence-corrected chi connectivity index (χ2v) is 6.57. The van der Waals surface area contributed by atoms with E-state index in [0.29, 0.717) is 6.54 Å². The predicted molar refractivity (Wildman–Crippen MR) is 107 cm³/mol. The normalized spacial score (nSPS) is 16.4. The summed E-state index contributed by atoms with van der Waals surface area (Å²) in [5.74, 6) is 3.03. The van der Waals surface area contributed by atoms with E-state index in [0.717, 1.165) is 39.9 Å². The van der Waals surface area contributed by atoms with Gasteiger partial charge in [-0.25, -0.2) is 0 Å². The van der Waals surface area contributed by atoms with E-state index in [1.54, 1.807) is 14.2 Å². The molecule has 0 spiro atoms. The van der Waals surface area contributed by atoms with Gasteiger partial charge in [0.15, 0.2) is 23.0 Å². The van der Waals surface area contributed by atoms with E-state index < -0.39 is 0 Å². The Balaban J connectivity index is 0.00000192. The van der Waals surface area contributed by atoms with Gasteiger partial charge in [-0.1, -0.05) is 6.07 Å². The Bertz CT molecular complexity index is 1020. The molecule has 1 N–H and O–H groups in total. The van der Waals surface area contributed by atoms with Crippen LogP contribution in [0.25, 0.3) is 5.69 Å². The van der Waals surface area contributed by atoms with Crippen LogP contribution in [-0.2, 0) is 6.54 Å². The molecule has 0 radical (unpaired) electrons. The number of ether oxygens (including phenoxy) is 4. The monoisotopic (exact) mass is 400 g/mol. The maximum absolute atomic E-state index is 5.58. The minimum absolute atomic E-state index is 0. The minimum Gasteiger partial charge on any atom is -0.493 e. The van der Waals surface area contributed by atoms with Gasteiger partial charge in [0.25, 0.3) is 0 Å². The third kappa shape index (κ3) is 2.85. The number of nitrogens with zero attached hydrogens (tertiary/aromatic N) is 1. The van der Waals surface area contributed by atoms with Gasteiger partial charge in [0.05, 0.1) is 25.9 Å². The Morgan fingerprint density at radius 1 is 1.00 bits per heavy atom. The van der Waals surface area contributed by atoms with E-state index in [4.69, 9.17) is 18.9 Å². The molecule has 0 fully saturated rings. The fourth-order valence-electron chi connectivity index (χ4n) is 3.83. The van der Waals surface area contributed by atoms with Crippen molar-refractivity contribution in [2.45, 2.75) is 12.6 Å². The van der Waals surface area contributed by atoms with Crippen LogP contribution in [0.4, 0.5) is 0 Å². The molecular formula is C21H21ClN2O4. The quantitative estimate of drug-likeness (QED) is 0.724. The lowest BCUT2D eigenvalue weighted by Gasteiger charge is -2.19. The SMILES string of the molecule is COc1ccc(C2NCc3cc4c(cc3-n3cccc32)OCO4)cc1OC.Cl. The first-order chi connectivity index (χ1) is 13.3. The zero-order valence-corrected chi connectivity index (χ0v) is 16.4. The van der Waals surface area contributed by atoms with E-state index in [1.807, 2.05) is 12.1 Å². The molecule has 0 amide bonds. The standard InChI is InChI=1S/C21H20N2O4.ClH/c1-24-17-6-5-13(8-18(17)25-2)21-15-4-3-7-23(15)16-10-20-19(26-12-27-20)9-14(16)11-22-21;/h3-10,21-22H,11-12H2,1-2H3;1H. The molecule has 146 valence electrons. The van der Waals surface area contributed by atoms with Gasteiger partial charge in [-0.15, -0.1) is 12.4 Å². The third-order valence-electron chi connectivity index (χ3n) is 5.15. The van der Waals surface area contributed by atoms with Gasteiger partial charge in [-0.05, 0) is 41.5 Å². The van der Waals surface area contributed by atoms with Gasteiger partial charge in [-0.2, -0.15) is 0 Å². The van der Waals surface area contributed by atoms with E-state index in [1.165, 1.54) is 5.56 Å². The zero-order chi connectivity index (χ0) is 18.4. The van der Waals surface area contributed by atoms with Crippen molar-refractivity contribution in [2.75, 3.05) is 21.0 Å². The number of halogens is 1. The summed E-state index contributed by atoms with van der Waals surface area (Å²) in [6.07, 6.45) is 2.08. The number of aromatic nitrogens is 1. The third-order valence-corrected chi connectivity index (χ3v) is 5.15. The number of rotatable bonds is 3. The van der Waals surface area contributed by atoms with Crippen molar-refractivity contribution >= 4 is 12.4 Å². The second kappa shape index (κ2) is 7.30. The van der Waals surface area contributed by atoms with Crippen LogP contribution in [0.2, 0.25) is 0 Å². The Hall–Kier alpha value is -2.83. The van der Waals surface area contributed by atoms with Crippen molar-refractivity contribution in [1.82, 2.24) is 9.88 Å². The number of hydrogen-bond acceptors (Lipinski definition) is 5. The molecule has 3 aromatic rings. The fourth-order valence-corrected chi connectivity index (χ4v) is 3.83. The van der Waals surface area contributed by atoms with Crippen molar-refractivity contribution in [3.8, 4) is 28.7 Å². The van der Waals surface area contributed by atoms with Crippen molar-refractivity contribution in [2.24, 2.45) is 0 Å². The van der Waals surface area contributed by atoms with Crippen LogP contribution in [0, 0.1) is 0 Å². The minimum atomic E-state index is 0. The molecule has 5 rings (SSSR count). The molecule has 1 unspecified atom stereocenters. The Labute approximate surface area is 169 Å². The molecular weight excluding hydrogens is 380 g/mol. The van der Waals surface area contributed by atoms with E-state index in [-0.39, 0.29) is 25.2 Å². The Morgan fingerprint density at radius 3 is 2.57 bits per heavy atom. The molecule has 1 atom stereocenters. The number of hydrogen-bond donors (Lipinski definition) is 1. The van der Waals surface area contributed by atoms with Crippen LogP contribution in [0.15, 0.2) is 48.7 Å². The summed E-state index contributed by atoms with van der Waals surface area (Å²) in [7, 11) is 3.30. The van der Waals surface area contributed by atoms with Crippen LogP contribution in [0.3, 0.4) is 0 Å². The number of fused-ring (bicyclic) bond motifs is 4. The van der Waals surface area contributed by atoms with E-state index >= 15 is 0 Å². The molecule has 2 aliphatic rings.